The van der Waals surface area contributed by atoms with Gasteiger partial charge < -0.3 is 19.5 Å². The molecule has 10 heteroatoms. The number of carbonyl (C=O) groups is 1. The van der Waals surface area contributed by atoms with Crippen LogP contribution < -0.4 is 19.5 Å². The standard InChI is InChI=1S/C25H23N5O4S/c31-25(17-10-12-18(13-11-17)32-14-5-15-35-19-6-2-1-3-7-19)26-20-8-4-9-21-23(20)34-22(16-33-21)24-27-29-30-28-24/h1-4,6-13,22H,5,14-16H2,(H,26,31)(H,27,28,29,30). The van der Waals surface area contributed by atoms with Crippen LogP contribution in [0.3, 0.4) is 0 Å². The number of fused-ring (bicyclic) bond motifs is 1. The molecule has 0 aliphatic carbocycles. The van der Waals surface area contributed by atoms with Crippen LogP contribution >= 0.6 is 11.8 Å². The minimum Gasteiger partial charge on any atom is -0.494 e. The molecule has 1 aromatic heterocycles. The van der Waals surface area contributed by atoms with Gasteiger partial charge in [-0.25, -0.2) is 0 Å². The molecule has 2 N–H and O–H groups in total. The van der Waals surface area contributed by atoms with E-state index in [9.17, 15) is 4.79 Å². The van der Waals surface area contributed by atoms with E-state index >= 15 is 0 Å². The number of H-pyrrole nitrogens is 1. The van der Waals surface area contributed by atoms with Crippen LogP contribution in [0.2, 0.25) is 0 Å². The summed E-state index contributed by atoms with van der Waals surface area (Å²) < 4.78 is 17.6. The van der Waals surface area contributed by atoms with Crippen molar-refractivity contribution < 1.29 is 19.0 Å². The van der Waals surface area contributed by atoms with Crippen molar-refractivity contribution in [3.63, 3.8) is 0 Å². The number of amides is 1. The minimum absolute atomic E-state index is 0.246. The van der Waals surface area contributed by atoms with Crippen molar-refractivity contribution in [1.82, 2.24) is 20.6 Å². The summed E-state index contributed by atoms with van der Waals surface area (Å²) in [7, 11) is 0. The van der Waals surface area contributed by atoms with Crippen molar-refractivity contribution in [3.8, 4) is 17.2 Å². The highest BCUT2D eigenvalue weighted by Gasteiger charge is 2.28. The van der Waals surface area contributed by atoms with Gasteiger partial charge in [-0.15, -0.1) is 22.0 Å². The Morgan fingerprint density at radius 3 is 2.74 bits per heavy atom. The van der Waals surface area contributed by atoms with Crippen LogP contribution in [-0.4, -0.2) is 45.5 Å². The Balaban J connectivity index is 1.14. The quantitative estimate of drug-likeness (QED) is 0.261. The molecule has 35 heavy (non-hydrogen) atoms. The van der Waals surface area contributed by atoms with Gasteiger partial charge in [0, 0.05) is 16.2 Å². The van der Waals surface area contributed by atoms with Crippen LogP contribution in [0, 0.1) is 0 Å². The van der Waals surface area contributed by atoms with Crippen molar-refractivity contribution in [3.05, 3.63) is 84.2 Å². The van der Waals surface area contributed by atoms with E-state index in [1.54, 1.807) is 42.5 Å². The maximum atomic E-state index is 12.9. The highest BCUT2D eigenvalue weighted by molar-refractivity contribution is 7.99. The van der Waals surface area contributed by atoms with Gasteiger partial charge in [0.25, 0.3) is 5.91 Å². The highest BCUT2D eigenvalue weighted by atomic mass is 32.2. The lowest BCUT2D eigenvalue weighted by Gasteiger charge is -2.26. The zero-order valence-electron chi connectivity index (χ0n) is 18.7. The predicted octanol–water partition coefficient (Wildman–Crippen LogP) is 4.53. The number of carbonyl (C=O) groups excluding carboxylic acids is 1. The van der Waals surface area contributed by atoms with E-state index in [0.717, 1.165) is 17.9 Å². The van der Waals surface area contributed by atoms with Gasteiger partial charge in [0.05, 0.1) is 12.3 Å². The number of thioether (sulfide) groups is 1. The van der Waals surface area contributed by atoms with Gasteiger partial charge in [0.15, 0.2) is 17.6 Å². The second-order valence-electron chi connectivity index (χ2n) is 7.66. The minimum atomic E-state index is -0.526. The third-order valence-electron chi connectivity index (χ3n) is 5.21. The zero-order chi connectivity index (χ0) is 23.9. The smallest absolute Gasteiger partial charge is 0.255 e. The highest BCUT2D eigenvalue weighted by Crippen LogP contribution is 2.41. The molecule has 3 aromatic carbocycles. The van der Waals surface area contributed by atoms with Gasteiger partial charge in [-0.3, -0.25) is 4.79 Å². The topological polar surface area (TPSA) is 111 Å². The Hall–Kier alpha value is -4.05. The van der Waals surface area contributed by atoms with Crippen LogP contribution in [0.15, 0.2) is 77.7 Å². The molecule has 178 valence electrons. The summed E-state index contributed by atoms with van der Waals surface area (Å²) >= 11 is 1.81. The maximum absolute atomic E-state index is 12.9. The van der Waals surface area contributed by atoms with Crippen molar-refractivity contribution in [1.29, 1.82) is 0 Å². The molecule has 2 heterocycles. The average molecular weight is 490 g/mol. The first-order chi connectivity index (χ1) is 17.3. The molecule has 0 spiro atoms. The van der Waals surface area contributed by atoms with E-state index in [1.165, 1.54) is 4.90 Å². The third-order valence-corrected chi connectivity index (χ3v) is 6.31. The fraction of sp³-hybridized carbons (Fsp3) is 0.200. The summed E-state index contributed by atoms with van der Waals surface area (Å²) in [5.41, 5.74) is 0.998. The number of anilines is 1. The predicted molar refractivity (Wildman–Crippen MR) is 131 cm³/mol. The van der Waals surface area contributed by atoms with E-state index in [-0.39, 0.29) is 12.5 Å². The molecule has 1 aliphatic rings. The SMILES string of the molecule is O=C(Nc1cccc2c1OC(c1nn[nH]n1)CO2)c1ccc(OCCCSc2ccccc2)cc1. The summed E-state index contributed by atoms with van der Waals surface area (Å²) in [5, 5.41) is 16.8. The Morgan fingerprint density at radius 2 is 1.94 bits per heavy atom. The molecule has 4 aromatic rings. The molecule has 1 aliphatic heterocycles. The van der Waals surface area contributed by atoms with Crippen LogP contribution in [0.25, 0.3) is 0 Å². The molecule has 1 unspecified atom stereocenters. The lowest BCUT2D eigenvalue weighted by atomic mass is 10.2. The fourth-order valence-corrected chi connectivity index (χ4v) is 4.32. The Labute approximate surface area is 206 Å². The maximum Gasteiger partial charge on any atom is 0.255 e. The first kappa shape index (κ1) is 22.7. The van der Waals surface area contributed by atoms with E-state index in [4.69, 9.17) is 14.2 Å². The summed E-state index contributed by atoms with van der Waals surface area (Å²) in [6.07, 6.45) is 0.398. The number of aromatic amines is 1. The van der Waals surface area contributed by atoms with E-state index in [0.29, 0.717) is 35.2 Å². The van der Waals surface area contributed by atoms with E-state index in [1.807, 2.05) is 30.0 Å². The number of tetrazole rings is 1. The third kappa shape index (κ3) is 5.72. The Morgan fingerprint density at radius 1 is 1.09 bits per heavy atom. The number of ether oxygens (including phenoxy) is 3. The normalized spacial score (nSPS) is 14.3. The van der Waals surface area contributed by atoms with Gasteiger partial charge in [-0.05, 0) is 55.0 Å². The van der Waals surface area contributed by atoms with Gasteiger partial charge in [-0.1, -0.05) is 29.5 Å². The number of hydrogen-bond donors (Lipinski definition) is 2. The molecular weight excluding hydrogens is 466 g/mol. The Kier molecular flexibility index (Phi) is 7.09. The first-order valence-electron chi connectivity index (χ1n) is 11.1. The average Bonchev–Trinajstić information content (AvgIpc) is 3.45. The second kappa shape index (κ2) is 10.9. The monoisotopic (exact) mass is 489 g/mol. The largest absolute Gasteiger partial charge is 0.494 e. The first-order valence-corrected chi connectivity index (χ1v) is 12.1. The molecule has 0 saturated carbocycles. The molecule has 9 nitrogen and oxygen atoms in total. The number of para-hydroxylation sites is 1. The summed E-state index contributed by atoms with van der Waals surface area (Å²) in [6, 6.07) is 22.7. The molecule has 5 rings (SSSR count). The number of nitrogens with zero attached hydrogens (tertiary/aromatic N) is 3. The molecule has 0 fully saturated rings. The van der Waals surface area contributed by atoms with Crippen molar-refractivity contribution in [2.75, 3.05) is 24.3 Å². The van der Waals surface area contributed by atoms with Crippen molar-refractivity contribution in [2.24, 2.45) is 0 Å². The van der Waals surface area contributed by atoms with Gasteiger partial charge in [0.1, 0.15) is 12.4 Å². The van der Waals surface area contributed by atoms with E-state index in [2.05, 4.69) is 38.1 Å². The second-order valence-corrected chi connectivity index (χ2v) is 8.83. The molecule has 0 radical (unpaired) electrons. The van der Waals surface area contributed by atoms with Crippen LogP contribution in [0.5, 0.6) is 17.2 Å². The molecular formula is C25H23N5O4S. The van der Waals surface area contributed by atoms with E-state index < -0.39 is 6.10 Å². The van der Waals surface area contributed by atoms with Gasteiger partial charge >= 0.3 is 0 Å². The lowest BCUT2D eigenvalue weighted by Crippen LogP contribution is -2.24. The molecule has 0 bridgehead atoms. The van der Waals surface area contributed by atoms with Crippen molar-refractivity contribution >= 4 is 23.4 Å². The van der Waals surface area contributed by atoms with Gasteiger partial charge in [-0.2, -0.15) is 5.21 Å². The van der Waals surface area contributed by atoms with Gasteiger partial charge in [0.2, 0.25) is 5.82 Å². The molecule has 0 saturated heterocycles. The molecule has 1 atom stereocenters. The molecule has 1 amide bonds. The fourth-order valence-electron chi connectivity index (χ4n) is 3.48. The lowest BCUT2D eigenvalue weighted by molar-refractivity contribution is 0.0856. The number of aromatic nitrogens is 4. The number of nitrogens with one attached hydrogen (secondary N) is 2. The van der Waals surface area contributed by atoms with Crippen LogP contribution in [0.4, 0.5) is 5.69 Å². The summed E-state index contributed by atoms with van der Waals surface area (Å²) in [5.74, 6) is 2.78. The zero-order valence-corrected chi connectivity index (χ0v) is 19.5. The van der Waals surface area contributed by atoms with Crippen LogP contribution in [0.1, 0.15) is 28.7 Å². The number of hydrogen-bond acceptors (Lipinski definition) is 8. The summed E-state index contributed by atoms with van der Waals surface area (Å²) in [4.78, 5) is 14.1. The van der Waals surface area contributed by atoms with Crippen LogP contribution in [-0.2, 0) is 0 Å². The Bertz CT molecular complexity index is 1250. The van der Waals surface area contributed by atoms with Crippen molar-refractivity contribution in [2.45, 2.75) is 17.4 Å². The number of rotatable bonds is 9. The number of benzene rings is 3. The summed E-state index contributed by atoms with van der Waals surface area (Å²) in [6.45, 7) is 0.858.